The van der Waals surface area contributed by atoms with E-state index in [1.807, 2.05) is 0 Å². The van der Waals surface area contributed by atoms with Crippen molar-refractivity contribution in [1.29, 1.82) is 0 Å². The van der Waals surface area contributed by atoms with Gasteiger partial charge in [0.05, 0.1) is 0 Å². The van der Waals surface area contributed by atoms with Gasteiger partial charge in [0.1, 0.15) is 16.7 Å². The first-order chi connectivity index (χ1) is 6.11. The van der Waals surface area contributed by atoms with Crippen molar-refractivity contribution in [3.8, 4) is 0 Å². The van der Waals surface area contributed by atoms with Gasteiger partial charge in [0.15, 0.2) is 0 Å². The predicted molar refractivity (Wildman–Crippen MR) is 51.6 cm³/mol. The number of halogens is 1. The van der Waals surface area contributed by atoms with Gasteiger partial charge in [-0.3, -0.25) is 9.59 Å². The number of nitrogens with zero attached hydrogens (tertiary/aromatic N) is 1. The molecule has 1 heterocycles. The van der Waals surface area contributed by atoms with Crippen LogP contribution in [-0.4, -0.2) is 17.2 Å². The first-order valence-corrected chi connectivity index (χ1v) is 4.31. The van der Waals surface area contributed by atoms with Crippen molar-refractivity contribution in [2.24, 2.45) is 0 Å². The van der Waals surface area contributed by atoms with Crippen LogP contribution in [0.1, 0.15) is 17.3 Å². The second-order valence-electron chi connectivity index (χ2n) is 2.41. The summed E-state index contributed by atoms with van der Waals surface area (Å²) >= 11 is 3.12. The van der Waals surface area contributed by atoms with Crippen LogP contribution in [0.3, 0.4) is 0 Å². The molecule has 0 spiro atoms. The number of aromatic nitrogens is 1. The average molecular weight is 243 g/mol. The van der Waals surface area contributed by atoms with Crippen LogP contribution in [0, 0.1) is 0 Å². The van der Waals surface area contributed by atoms with Gasteiger partial charge in [0.2, 0.25) is 5.91 Å². The third-order valence-corrected chi connectivity index (χ3v) is 1.66. The molecule has 0 bridgehead atoms. The number of hydrogen-bond donors (Lipinski definition) is 1. The van der Waals surface area contributed by atoms with Gasteiger partial charge in [-0.2, -0.15) is 0 Å². The van der Waals surface area contributed by atoms with Crippen LogP contribution >= 0.6 is 15.9 Å². The average Bonchev–Trinajstić information content (AvgIpc) is 2.01. The smallest absolute Gasteiger partial charge is 0.222 e. The number of aldehydes is 1. The van der Waals surface area contributed by atoms with E-state index >= 15 is 0 Å². The Hall–Kier alpha value is -1.23. The molecule has 0 saturated carbocycles. The second-order valence-corrected chi connectivity index (χ2v) is 3.22. The monoisotopic (exact) mass is 242 g/mol. The van der Waals surface area contributed by atoms with Crippen LogP contribution in [-0.2, 0) is 4.79 Å². The molecule has 68 valence electrons. The number of carbonyl (C=O) groups excluding carboxylic acids is 2. The van der Waals surface area contributed by atoms with Crippen LogP contribution in [0.4, 0.5) is 5.82 Å². The van der Waals surface area contributed by atoms with Crippen LogP contribution < -0.4 is 5.32 Å². The minimum atomic E-state index is -0.220. The molecule has 0 aromatic carbocycles. The van der Waals surface area contributed by atoms with E-state index in [4.69, 9.17) is 0 Å². The third-order valence-electron chi connectivity index (χ3n) is 1.26. The van der Waals surface area contributed by atoms with E-state index in [2.05, 4.69) is 26.2 Å². The zero-order valence-corrected chi connectivity index (χ0v) is 8.46. The molecule has 5 heteroatoms. The van der Waals surface area contributed by atoms with Gasteiger partial charge in [-0.15, -0.1) is 0 Å². The largest absolute Gasteiger partial charge is 0.311 e. The van der Waals surface area contributed by atoms with Crippen molar-refractivity contribution in [2.45, 2.75) is 6.92 Å². The molecule has 1 aromatic heterocycles. The lowest BCUT2D eigenvalue weighted by Gasteiger charge is -2.01. The van der Waals surface area contributed by atoms with E-state index in [-0.39, 0.29) is 5.91 Å². The number of pyridine rings is 1. The summed E-state index contributed by atoms with van der Waals surface area (Å²) in [7, 11) is 0. The Morgan fingerprint density at radius 3 is 2.85 bits per heavy atom. The first-order valence-electron chi connectivity index (χ1n) is 3.52. The maximum Gasteiger partial charge on any atom is 0.222 e. The van der Waals surface area contributed by atoms with Crippen LogP contribution in [0.5, 0.6) is 0 Å². The molecule has 0 saturated heterocycles. The Labute approximate surface area is 83.5 Å². The van der Waals surface area contributed by atoms with Gasteiger partial charge in [0, 0.05) is 12.5 Å². The Morgan fingerprint density at radius 1 is 1.62 bits per heavy atom. The molecule has 0 aliphatic carbocycles. The third kappa shape index (κ3) is 2.95. The van der Waals surface area contributed by atoms with Gasteiger partial charge >= 0.3 is 0 Å². The number of anilines is 1. The van der Waals surface area contributed by atoms with E-state index in [0.717, 1.165) is 0 Å². The zero-order valence-electron chi connectivity index (χ0n) is 6.87. The van der Waals surface area contributed by atoms with E-state index in [1.165, 1.54) is 13.0 Å². The van der Waals surface area contributed by atoms with E-state index in [0.29, 0.717) is 22.3 Å². The quantitative estimate of drug-likeness (QED) is 0.634. The fourth-order valence-corrected chi connectivity index (χ4v) is 1.28. The number of hydrogen-bond acceptors (Lipinski definition) is 3. The molecule has 0 radical (unpaired) electrons. The van der Waals surface area contributed by atoms with Gasteiger partial charge in [-0.05, 0) is 28.1 Å². The van der Waals surface area contributed by atoms with Crippen molar-refractivity contribution in [3.05, 3.63) is 22.3 Å². The molecule has 4 nitrogen and oxygen atoms in total. The van der Waals surface area contributed by atoms with Gasteiger partial charge in [-0.1, -0.05) is 0 Å². The van der Waals surface area contributed by atoms with E-state index in [1.54, 1.807) is 6.07 Å². The maximum atomic E-state index is 10.7. The molecule has 1 rings (SSSR count). The Morgan fingerprint density at radius 2 is 2.31 bits per heavy atom. The molecule has 0 aliphatic heterocycles. The summed E-state index contributed by atoms with van der Waals surface area (Å²) in [6.07, 6.45) is 0.692. The first kappa shape index (κ1) is 9.85. The summed E-state index contributed by atoms with van der Waals surface area (Å²) in [5, 5.41) is 2.48. The van der Waals surface area contributed by atoms with Crippen molar-refractivity contribution in [1.82, 2.24) is 4.98 Å². The lowest BCUT2D eigenvalue weighted by atomic mass is 10.3. The molecule has 1 amide bonds. The topological polar surface area (TPSA) is 59.1 Å². The summed E-state index contributed by atoms with van der Waals surface area (Å²) in [4.78, 5) is 25.1. The minimum absolute atomic E-state index is 0.220. The molecule has 0 fully saturated rings. The molecule has 1 N–H and O–H groups in total. The zero-order chi connectivity index (χ0) is 9.84. The SMILES string of the molecule is CC(=O)Nc1cc(C=O)cc(Br)n1. The minimum Gasteiger partial charge on any atom is -0.311 e. The van der Waals surface area contributed by atoms with Crippen molar-refractivity contribution in [2.75, 3.05) is 5.32 Å². The van der Waals surface area contributed by atoms with Crippen LogP contribution in [0.25, 0.3) is 0 Å². The Bertz CT molecular complexity index is 352. The van der Waals surface area contributed by atoms with Gasteiger partial charge in [-0.25, -0.2) is 4.98 Å². The van der Waals surface area contributed by atoms with Gasteiger partial charge in [0.25, 0.3) is 0 Å². The highest BCUT2D eigenvalue weighted by atomic mass is 79.9. The number of rotatable bonds is 2. The highest BCUT2D eigenvalue weighted by molar-refractivity contribution is 9.10. The molecule has 0 unspecified atom stereocenters. The van der Waals surface area contributed by atoms with Crippen LogP contribution in [0.15, 0.2) is 16.7 Å². The predicted octanol–water partition coefficient (Wildman–Crippen LogP) is 1.61. The normalized spacial score (nSPS) is 9.38. The number of amides is 1. The lowest BCUT2D eigenvalue weighted by Crippen LogP contribution is -2.07. The molecule has 1 aromatic rings. The molecule has 0 atom stereocenters. The molecular weight excluding hydrogens is 236 g/mol. The van der Waals surface area contributed by atoms with Gasteiger partial charge < -0.3 is 5.32 Å². The summed E-state index contributed by atoms with van der Waals surface area (Å²) < 4.78 is 0.515. The number of carbonyl (C=O) groups is 2. The van der Waals surface area contributed by atoms with Crippen molar-refractivity contribution in [3.63, 3.8) is 0 Å². The lowest BCUT2D eigenvalue weighted by molar-refractivity contribution is -0.114. The number of nitrogens with one attached hydrogen (secondary N) is 1. The standard InChI is InChI=1S/C8H7BrN2O2/c1-5(13)10-8-3-6(4-12)2-7(9)11-8/h2-4H,1H3,(H,10,11,13). The summed E-state index contributed by atoms with van der Waals surface area (Å²) in [5.74, 6) is 0.145. The van der Waals surface area contributed by atoms with Crippen molar-refractivity contribution >= 4 is 33.9 Å². The molecule has 13 heavy (non-hydrogen) atoms. The highest BCUT2D eigenvalue weighted by Crippen LogP contribution is 2.13. The molecular formula is C8H7BrN2O2. The highest BCUT2D eigenvalue weighted by Gasteiger charge is 2.01. The Kier molecular flexibility index (Phi) is 3.13. The maximum absolute atomic E-state index is 10.7. The van der Waals surface area contributed by atoms with E-state index in [9.17, 15) is 9.59 Å². The summed E-state index contributed by atoms with van der Waals surface area (Å²) in [6.45, 7) is 1.38. The fourth-order valence-electron chi connectivity index (χ4n) is 0.829. The van der Waals surface area contributed by atoms with E-state index < -0.39 is 0 Å². The fraction of sp³-hybridized carbons (Fsp3) is 0.125. The Balaban J connectivity index is 3.01. The van der Waals surface area contributed by atoms with Crippen LogP contribution in [0.2, 0.25) is 0 Å². The molecule has 0 aliphatic rings. The van der Waals surface area contributed by atoms with Crippen molar-refractivity contribution < 1.29 is 9.59 Å². The summed E-state index contributed by atoms with van der Waals surface area (Å²) in [6, 6.07) is 3.07. The summed E-state index contributed by atoms with van der Waals surface area (Å²) in [5.41, 5.74) is 0.464. The second kappa shape index (κ2) is 4.13.